The van der Waals surface area contributed by atoms with Crippen LogP contribution < -0.4 is 10.6 Å². The summed E-state index contributed by atoms with van der Waals surface area (Å²) in [5.41, 5.74) is -0.0138. The molecule has 1 aromatic carbocycles. The van der Waals surface area contributed by atoms with Gasteiger partial charge in [-0.1, -0.05) is 0 Å². The molecule has 25 heavy (non-hydrogen) atoms. The molecule has 1 heterocycles. The molecule has 2 rings (SSSR count). The molecule has 0 aliphatic carbocycles. The van der Waals surface area contributed by atoms with Gasteiger partial charge in [0.25, 0.3) is 5.69 Å². The molecule has 9 heteroatoms. The summed E-state index contributed by atoms with van der Waals surface area (Å²) in [6.07, 6.45) is 0.868. The minimum absolute atomic E-state index is 0.0368. The molecule has 0 saturated heterocycles. The van der Waals surface area contributed by atoms with Gasteiger partial charge < -0.3 is 15.4 Å². The average Bonchev–Trinajstić information content (AvgIpc) is 2.50. The van der Waals surface area contributed by atoms with Gasteiger partial charge >= 0.3 is 6.09 Å². The molecule has 134 valence electrons. The van der Waals surface area contributed by atoms with Crippen LogP contribution in [0.5, 0.6) is 0 Å². The Hall–Kier alpha value is -2.97. The van der Waals surface area contributed by atoms with Crippen LogP contribution >= 0.6 is 0 Å². The number of alkyl carbamates (subject to hydrolysis) is 1. The predicted molar refractivity (Wildman–Crippen MR) is 93.5 cm³/mol. The second-order valence-corrected chi connectivity index (χ2v) is 6.61. The maximum Gasteiger partial charge on any atom is 0.407 e. The molecule has 0 radical (unpaired) electrons. The number of carbonyl (C=O) groups is 1. The summed E-state index contributed by atoms with van der Waals surface area (Å²) in [5.74, 6) is 0.464. The van der Waals surface area contributed by atoms with E-state index in [-0.39, 0.29) is 11.7 Å². The van der Waals surface area contributed by atoms with Gasteiger partial charge in [0.15, 0.2) is 0 Å². The van der Waals surface area contributed by atoms with Crippen molar-refractivity contribution in [2.24, 2.45) is 0 Å². The second kappa shape index (κ2) is 7.29. The van der Waals surface area contributed by atoms with E-state index in [1.807, 2.05) is 6.92 Å². The zero-order valence-corrected chi connectivity index (χ0v) is 14.6. The van der Waals surface area contributed by atoms with Crippen molar-refractivity contribution >= 4 is 28.5 Å². The van der Waals surface area contributed by atoms with Crippen molar-refractivity contribution in [1.29, 1.82) is 0 Å². The molecule has 0 unspecified atom stereocenters. The maximum atomic E-state index is 11.8. The van der Waals surface area contributed by atoms with Gasteiger partial charge in [-0.15, -0.1) is 0 Å². The lowest BCUT2D eigenvalue weighted by Gasteiger charge is -2.22. The quantitative estimate of drug-likeness (QED) is 0.630. The van der Waals surface area contributed by atoms with Crippen molar-refractivity contribution in [2.45, 2.75) is 39.3 Å². The highest BCUT2D eigenvalue weighted by molar-refractivity contribution is 5.90. The summed E-state index contributed by atoms with van der Waals surface area (Å²) in [7, 11) is 0. The first kappa shape index (κ1) is 18.4. The first-order chi connectivity index (χ1) is 11.7. The average molecular weight is 347 g/mol. The largest absolute Gasteiger partial charge is 0.444 e. The smallest absolute Gasteiger partial charge is 0.407 e. The Labute approximate surface area is 144 Å². The summed E-state index contributed by atoms with van der Waals surface area (Å²) in [5, 5.41) is 17.3. The zero-order chi connectivity index (χ0) is 18.6. The number of ether oxygens (including phenoxy) is 1. The molecule has 9 nitrogen and oxygen atoms in total. The standard InChI is InChI=1S/C16H21N5O4/c1-10(20-15(22)25-16(2,3)4)8-17-14-12-7-11(21(23)24)5-6-13(12)18-9-19-14/h5-7,9-10H,8H2,1-4H3,(H,20,22)(H,17,18,19)/t10-/m1/s1. The topological polar surface area (TPSA) is 119 Å². The van der Waals surface area contributed by atoms with Gasteiger partial charge in [-0.2, -0.15) is 0 Å². The summed E-state index contributed by atoms with van der Waals surface area (Å²) in [4.78, 5) is 30.4. The van der Waals surface area contributed by atoms with Crippen LogP contribution in [0.1, 0.15) is 27.7 Å². The van der Waals surface area contributed by atoms with Crippen LogP contribution in [0.2, 0.25) is 0 Å². The lowest BCUT2D eigenvalue weighted by atomic mass is 10.2. The number of nitro benzene ring substituents is 1. The van der Waals surface area contributed by atoms with Gasteiger partial charge in [-0.25, -0.2) is 14.8 Å². The SMILES string of the molecule is C[C@H](CNc1ncnc2ccc([N+](=O)[O-])cc12)NC(=O)OC(C)(C)C. The zero-order valence-electron chi connectivity index (χ0n) is 14.6. The number of non-ortho nitro benzene ring substituents is 1. The maximum absolute atomic E-state index is 11.8. The third-order valence-corrected chi connectivity index (χ3v) is 3.17. The van der Waals surface area contributed by atoms with E-state index < -0.39 is 16.6 Å². The van der Waals surface area contributed by atoms with Crippen molar-refractivity contribution < 1.29 is 14.5 Å². The molecule has 0 spiro atoms. The Bertz CT molecular complexity index is 788. The molecule has 2 aromatic rings. The van der Waals surface area contributed by atoms with E-state index in [0.717, 1.165) is 0 Å². The minimum Gasteiger partial charge on any atom is -0.444 e. The summed E-state index contributed by atoms with van der Waals surface area (Å²) >= 11 is 0. The number of nitrogens with one attached hydrogen (secondary N) is 2. The summed E-state index contributed by atoms with van der Waals surface area (Å²) < 4.78 is 5.19. The number of aromatic nitrogens is 2. The number of hydrogen-bond donors (Lipinski definition) is 2. The molecule has 1 atom stereocenters. The second-order valence-electron chi connectivity index (χ2n) is 6.61. The molecule has 1 aromatic heterocycles. The molecule has 0 bridgehead atoms. The van der Waals surface area contributed by atoms with Crippen molar-refractivity contribution in [2.75, 3.05) is 11.9 Å². The van der Waals surface area contributed by atoms with Crippen LogP contribution in [0.25, 0.3) is 10.9 Å². The van der Waals surface area contributed by atoms with Crippen LogP contribution in [-0.2, 0) is 4.74 Å². The number of carbonyl (C=O) groups excluding carboxylic acids is 1. The third kappa shape index (κ3) is 5.27. The number of fused-ring (bicyclic) bond motifs is 1. The van der Waals surface area contributed by atoms with Crippen LogP contribution in [0.4, 0.5) is 16.3 Å². The van der Waals surface area contributed by atoms with Gasteiger partial charge in [0.05, 0.1) is 10.4 Å². The van der Waals surface area contributed by atoms with E-state index in [1.54, 1.807) is 26.8 Å². The molecule has 0 saturated carbocycles. The highest BCUT2D eigenvalue weighted by Gasteiger charge is 2.18. The van der Waals surface area contributed by atoms with Gasteiger partial charge in [0.2, 0.25) is 0 Å². The highest BCUT2D eigenvalue weighted by Crippen LogP contribution is 2.24. The minimum atomic E-state index is -0.570. The van der Waals surface area contributed by atoms with Gasteiger partial charge in [0, 0.05) is 30.1 Å². The number of rotatable bonds is 5. The lowest BCUT2D eigenvalue weighted by Crippen LogP contribution is -2.40. The molecule has 1 amide bonds. The first-order valence-corrected chi connectivity index (χ1v) is 7.78. The van der Waals surface area contributed by atoms with Crippen LogP contribution in [0.15, 0.2) is 24.5 Å². The Morgan fingerprint density at radius 3 is 2.72 bits per heavy atom. The number of benzene rings is 1. The van der Waals surface area contributed by atoms with Crippen molar-refractivity contribution in [3.8, 4) is 0 Å². The highest BCUT2D eigenvalue weighted by atomic mass is 16.6. The van der Waals surface area contributed by atoms with Gasteiger partial charge in [-0.05, 0) is 33.8 Å². The van der Waals surface area contributed by atoms with E-state index >= 15 is 0 Å². The van der Waals surface area contributed by atoms with Gasteiger partial charge in [-0.3, -0.25) is 10.1 Å². The Kier molecular flexibility index (Phi) is 5.35. The molecule has 0 fully saturated rings. The predicted octanol–water partition coefficient (Wildman–Crippen LogP) is 2.86. The van der Waals surface area contributed by atoms with Crippen LogP contribution in [0, 0.1) is 10.1 Å². The molecule has 2 N–H and O–H groups in total. The number of nitrogens with zero attached hydrogens (tertiary/aromatic N) is 3. The fourth-order valence-corrected chi connectivity index (χ4v) is 2.11. The Morgan fingerprint density at radius 2 is 2.08 bits per heavy atom. The summed E-state index contributed by atoms with van der Waals surface area (Å²) in [6, 6.07) is 4.15. The van der Waals surface area contributed by atoms with E-state index in [2.05, 4.69) is 20.6 Å². The molecular formula is C16H21N5O4. The van der Waals surface area contributed by atoms with E-state index in [1.165, 1.54) is 18.5 Å². The lowest BCUT2D eigenvalue weighted by molar-refractivity contribution is -0.384. The Morgan fingerprint density at radius 1 is 1.36 bits per heavy atom. The number of amides is 1. The van der Waals surface area contributed by atoms with Gasteiger partial charge in [0.1, 0.15) is 17.7 Å². The third-order valence-electron chi connectivity index (χ3n) is 3.17. The summed E-state index contributed by atoms with van der Waals surface area (Å²) in [6.45, 7) is 7.54. The molecular weight excluding hydrogens is 326 g/mol. The normalized spacial score (nSPS) is 12.5. The van der Waals surface area contributed by atoms with E-state index in [4.69, 9.17) is 4.74 Å². The first-order valence-electron chi connectivity index (χ1n) is 7.78. The monoisotopic (exact) mass is 347 g/mol. The number of nitro groups is 1. The van der Waals surface area contributed by atoms with Crippen molar-refractivity contribution in [1.82, 2.24) is 15.3 Å². The fraction of sp³-hybridized carbons (Fsp3) is 0.438. The fourth-order valence-electron chi connectivity index (χ4n) is 2.11. The van der Waals surface area contributed by atoms with E-state index in [9.17, 15) is 14.9 Å². The van der Waals surface area contributed by atoms with E-state index in [0.29, 0.717) is 23.3 Å². The molecule has 0 aliphatic rings. The van der Waals surface area contributed by atoms with Crippen molar-refractivity contribution in [3.63, 3.8) is 0 Å². The number of hydrogen-bond acceptors (Lipinski definition) is 7. The Balaban J connectivity index is 2.06. The van der Waals surface area contributed by atoms with Crippen LogP contribution in [0.3, 0.4) is 0 Å². The number of anilines is 1. The van der Waals surface area contributed by atoms with Crippen molar-refractivity contribution in [3.05, 3.63) is 34.6 Å². The van der Waals surface area contributed by atoms with Crippen LogP contribution in [-0.4, -0.2) is 39.2 Å². The molecule has 0 aliphatic heterocycles.